The van der Waals surface area contributed by atoms with Gasteiger partial charge in [0.25, 0.3) is 0 Å². The van der Waals surface area contributed by atoms with Crippen LogP contribution >= 0.6 is 23.4 Å². The summed E-state index contributed by atoms with van der Waals surface area (Å²) < 4.78 is 0. The molecule has 2 nitrogen and oxygen atoms in total. The van der Waals surface area contributed by atoms with Gasteiger partial charge in [-0.1, -0.05) is 41.9 Å². The van der Waals surface area contributed by atoms with Gasteiger partial charge in [-0.2, -0.15) is 0 Å². The van der Waals surface area contributed by atoms with Crippen LogP contribution in [0.2, 0.25) is 5.02 Å². The van der Waals surface area contributed by atoms with Crippen LogP contribution in [-0.4, -0.2) is 11.2 Å². The molecule has 2 atom stereocenters. The van der Waals surface area contributed by atoms with Gasteiger partial charge >= 0.3 is 0 Å². The highest BCUT2D eigenvalue weighted by atomic mass is 35.5. The molecular formula is C17H18ClNOS. The van der Waals surface area contributed by atoms with Crippen LogP contribution in [0.25, 0.3) is 0 Å². The molecule has 0 aliphatic carbocycles. The zero-order valence-electron chi connectivity index (χ0n) is 12.0. The van der Waals surface area contributed by atoms with E-state index in [1.807, 2.05) is 68.4 Å². The summed E-state index contributed by atoms with van der Waals surface area (Å²) in [5.74, 6) is 0.0336. The van der Waals surface area contributed by atoms with Crippen molar-refractivity contribution in [3.8, 4) is 0 Å². The lowest BCUT2D eigenvalue weighted by molar-refractivity contribution is -0.120. The first kappa shape index (κ1) is 15.9. The summed E-state index contributed by atoms with van der Waals surface area (Å²) in [6.45, 7) is 3.90. The number of halogens is 1. The molecule has 0 saturated carbocycles. The van der Waals surface area contributed by atoms with Crippen LogP contribution in [0.4, 0.5) is 0 Å². The van der Waals surface area contributed by atoms with Gasteiger partial charge in [-0.3, -0.25) is 4.79 Å². The predicted octanol–water partition coefficient (Wildman–Crippen LogP) is 4.70. The number of benzene rings is 2. The molecule has 0 heterocycles. The van der Waals surface area contributed by atoms with Crippen molar-refractivity contribution < 1.29 is 4.79 Å². The molecule has 2 aromatic carbocycles. The number of amides is 1. The number of nitrogens with one attached hydrogen (secondary N) is 1. The quantitative estimate of drug-likeness (QED) is 0.809. The molecule has 0 aliphatic heterocycles. The van der Waals surface area contributed by atoms with Crippen molar-refractivity contribution >= 4 is 29.3 Å². The van der Waals surface area contributed by atoms with Crippen LogP contribution in [0.3, 0.4) is 0 Å². The van der Waals surface area contributed by atoms with Gasteiger partial charge in [0.05, 0.1) is 11.3 Å². The van der Waals surface area contributed by atoms with Crippen molar-refractivity contribution in [2.45, 2.75) is 30.0 Å². The van der Waals surface area contributed by atoms with Gasteiger partial charge in [0.2, 0.25) is 5.91 Å². The molecule has 0 aliphatic rings. The summed E-state index contributed by atoms with van der Waals surface area (Å²) in [6, 6.07) is 17.5. The smallest absolute Gasteiger partial charge is 0.233 e. The van der Waals surface area contributed by atoms with Crippen molar-refractivity contribution in [1.29, 1.82) is 0 Å². The van der Waals surface area contributed by atoms with E-state index in [-0.39, 0.29) is 17.2 Å². The lowest BCUT2D eigenvalue weighted by atomic mass is 10.1. The van der Waals surface area contributed by atoms with Gasteiger partial charge in [-0.15, -0.1) is 11.8 Å². The maximum atomic E-state index is 12.2. The molecule has 2 aromatic rings. The molecular weight excluding hydrogens is 302 g/mol. The molecule has 0 fully saturated rings. The van der Waals surface area contributed by atoms with Crippen LogP contribution in [0.15, 0.2) is 59.5 Å². The van der Waals surface area contributed by atoms with E-state index in [9.17, 15) is 4.79 Å². The fourth-order valence-corrected chi connectivity index (χ4v) is 2.93. The first-order valence-corrected chi connectivity index (χ1v) is 8.09. The Hall–Kier alpha value is -1.45. The summed E-state index contributed by atoms with van der Waals surface area (Å²) in [5.41, 5.74) is 1.11. The van der Waals surface area contributed by atoms with Crippen molar-refractivity contribution in [2.75, 3.05) is 0 Å². The third-order valence-electron chi connectivity index (χ3n) is 3.15. The average Bonchev–Trinajstić information content (AvgIpc) is 2.50. The van der Waals surface area contributed by atoms with Crippen molar-refractivity contribution in [3.05, 3.63) is 65.2 Å². The number of hydrogen-bond acceptors (Lipinski definition) is 2. The van der Waals surface area contributed by atoms with Gasteiger partial charge in [0, 0.05) is 9.92 Å². The van der Waals surface area contributed by atoms with Gasteiger partial charge < -0.3 is 5.32 Å². The van der Waals surface area contributed by atoms with E-state index in [0.717, 1.165) is 10.5 Å². The number of carbonyl (C=O) groups excluding carboxylic acids is 1. The number of rotatable bonds is 5. The monoisotopic (exact) mass is 319 g/mol. The highest BCUT2D eigenvalue weighted by Gasteiger charge is 2.17. The van der Waals surface area contributed by atoms with Crippen LogP contribution in [0.5, 0.6) is 0 Å². The van der Waals surface area contributed by atoms with Crippen LogP contribution in [0, 0.1) is 0 Å². The average molecular weight is 320 g/mol. The highest BCUT2D eigenvalue weighted by Crippen LogP contribution is 2.25. The van der Waals surface area contributed by atoms with E-state index in [1.54, 1.807) is 0 Å². The Morgan fingerprint density at radius 2 is 1.67 bits per heavy atom. The summed E-state index contributed by atoms with van der Waals surface area (Å²) in [5, 5.41) is 3.59. The Kier molecular flexibility index (Phi) is 5.71. The molecule has 1 N–H and O–H groups in total. The first-order chi connectivity index (χ1) is 10.1. The molecule has 0 unspecified atom stereocenters. The van der Waals surface area contributed by atoms with E-state index < -0.39 is 0 Å². The Bertz CT molecular complexity index is 585. The summed E-state index contributed by atoms with van der Waals surface area (Å²) in [6.07, 6.45) is 0. The van der Waals surface area contributed by atoms with Crippen molar-refractivity contribution in [3.63, 3.8) is 0 Å². The molecule has 110 valence electrons. The Balaban J connectivity index is 1.92. The minimum atomic E-state index is -0.155. The molecule has 0 saturated heterocycles. The molecule has 0 radical (unpaired) electrons. The zero-order valence-corrected chi connectivity index (χ0v) is 13.6. The Morgan fingerprint density at radius 1 is 1.05 bits per heavy atom. The van der Waals surface area contributed by atoms with E-state index in [2.05, 4.69) is 5.32 Å². The topological polar surface area (TPSA) is 29.1 Å². The normalized spacial score (nSPS) is 13.5. The lowest BCUT2D eigenvalue weighted by Crippen LogP contribution is -2.33. The van der Waals surface area contributed by atoms with E-state index in [4.69, 9.17) is 11.6 Å². The largest absolute Gasteiger partial charge is 0.349 e. The highest BCUT2D eigenvalue weighted by molar-refractivity contribution is 8.00. The maximum absolute atomic E-state index is 12.2. The maximum Gasteiger partial charge on any atom is 0.233 e. The predicted molar refractivity (Wildman–Crippen MR) is 89.8 cm³/mol. The van der Waals surface area contributed by atoms with Crippen LogP contribution in [-0.2, 0) is 4.79 Å². The second kappa shape index (κ2) is 7.53. The summed E-state index contributed by atoms with van der Waals surface area (Å²) in [7, 11) is 0. The molecule has 0 bridgehead atoms. The van der Waals surface area contributed by atoms with Crippen molar-refractivity contribution in [2.24, 2.45) is 0 Å². The second-order valence-corrected chi connectivity index (χ2v) is 6.71. The second-order valence-electron chi connectivity index (χ2n) is 4.85. The summed E-state index contributed by atoms with van der Waals surface area (Å²) in [4.78, 5) is 13.3. The number of carbonyl (C=O) groups is 1. The molecule has 0 spiro atoms. The lowest BCUT2D eigenvalue weighted by Gasteiger charge is -2.17. The van der Waals surface area contributed by atoms with E-state index >= 15 is 0 Å². The first-order valence-electron chi connectivity index (χ1n) is 6.84. The van der Waals surface area contributed by atoms with Crippen LogP contribution in [0.1, 0.15) is 25.5 Å². The summed E-state index contributed by atoms with van der Waals surface area (Å²) >= 11 is 7.39. The molecule has 2 rings (SSSR count). The standard InChI is InChI=1S/C17H18ClNOS/c1-12(14-6-4-3-5-7-14)19-17(20)13(2)21-16-10-8-15(18)9-11-16/h3-13H,1-2H3,(H,19,20)/t12-,13+/m1/s1. The van der Waals surface area contributed by atoms with Gasteiger partial charge in [-0.25, -0.2) is 0 Å². The SMILES string of the molecule is C[C@H](Sc1ccc(Cl)cc1)C(=O)N[C@H](C)c1ccccc1. The van der Waals surface area contributed by atoms with Crippen LogP contribution < -0.4 is 5.32 Å². The number of thioether (sulfide) groups is 1. The Morgan fingerprint density at radius 3 is 2.29 bits per heavy atom. The minimum absolute atomic E-state index is 0.00645. The molecule has 1 amide bonds. The molecule has 21 heavy (non-hydrogen) atoms. The molecule has 0 aromatic heterocycles. The fraction of sp³-hybridized carbons (Fsp3) is 0.235. The van der Waals surface area contributed by atoms with Crippen molar-refractivity contribution in [1.82, 2.24) is 5.32 Å². The van der Waals surface area contributed by atoms with E-state index in [1.165, 1.54) is 11.8 Å². The minimum Gasteiger partial charge on any atom is -0.349 e. The van der Waals surface area contributed by atoms with Gasteiger partial charge in [-0.05, 0) is 43.7 Å². The molecule has 4 heteroatoms. The zero-order chi connectivity index (χ0) is 15.2. The van der Waals surface area contributed by atoms with Gasteiger partial charge in [0.1, 0.15) is 0 Å². The third kappa shape index (κ3) is 4.80. The third-order valence-corrected chi connectivity index (χ3v) is 4.52. The Labute approximate surface area is 134 Å². The fourth-order valence-electron chi connectivity index (χ4n) is 1.93. The van der Waals surface area contributed by atoms with E-state index in [0.29, 0.717) is 5.02 Å². The van der Waals surface area contributed by atoms with Gasteiger partial charge in [0.15, 0.2) is 0 Å². The number of hydrogen-bond donors (Lipinski definition) is 1.